The van der Waals surface area contributed by atoms with Crippen LogP contribution in [0.4, 0.5) is 0 Å². The quantitative estimate of drug-likeness (QED) is 0.340. The molecule has 141 valence electrons. The van der Waals surface area contributed by atoms with Gasteiger partial charge in [-0.1, -0.05) is 45.4 Å². The fraction of sp³-hybridized carbons (Fsp3) is 0.429. The Kier molecular flexibility index (Phi) is 19.3. The van der Waals surface area contributed by atoms with Crippen molar-refractivity contribution in [3.05, 3.63) is 57.5 Å². The van der Waals surface area contributed by atoms with Crippen LogP contribution in [0.5, 0.6) is 0 Å². The number of nitrogens with zero attached hydrogens (tertiary/aromatic N) is 1. The third-order valence-electron chi connectivity index (χ3n) is 3.63. The van der Waals surface area contributed by atoms with Crippen molar-refractivity contribution in [2.75, 3.05) is 0 Å². The number of hydrogen-bond acceptors (Lipinski definition) is 2. The van der Waals surface area contributed by atoms with E-state index in [1.807, 2.05) is 33.8 Å². The minimum atomic E-state index is 0. The van der Waals surface area contributed by atoms with Crippen molar-refractivity contribution in [1.29, 1.82) is 10.7 Å². The molecular weight excluding hydrogens is 486 g/mol. The molecule has 0 aliphatic heterocycles. The van der Waals surface area contributed by atoms with Gasteiger partial charge in [0.15, 0.2) is 0 Å². The van der Waals surface area contributed by atoms with E-state index in [2.05, 4.69) is 39.0 Å². The average Bonchev–Trinajstić information content (AvgIpc) is 2.62. The molecular formula is C21H32IrN3-. The van der Waals surface area contributed by atoms with Crippen molar-refractivity contribution in [2.45, 2.75) is 61.3 Å². The van der Waals surface area contributed by atoms with Gasteiger partial charge < -0.3 is 11.1 Å². The summed E-state index contributed by atoms with van der Waals surface area (Å²) in [4.78, 5) is 0. The van der Waals surface area contributed by atoms with E-state index < -0.39 is 0 Å². The molecule has 0 aromatic heterocycles. The van der Waals surface area contributed by atoms with Crippen molar-refractivity contribution in [2.24, 2.45) is 0 Å². The maximum atomic E-state index is 8.92. The summed E-state index contributed by atoms with van der Waals surface area (Å²) in [6.45, 7) is 14.2. The molecule has 0 atom stereocenters. The van der Waals surface area contributed by atoms with Crippen LogP contribution in [0.25, 0.3) is 11.8 Å². The Morgan fingerprint density at radius 1 is 1.12 bits per heavy atom. The fourth-order valence-corrected chi connectivity index (χ4v) is 1.83. The smallest absolute Gasteiger partial charge is 0.0947 e. The zero-order chi connectivity index (χ0) is 19.1. The first-order chi connectivity index (χ1) is 11.4. The molecule has 0 spiro atoms. The molecule has 0 aliphatic rings. The summed E-state index contributed by atoms with van der Waals surface area (Å²) in [5.74, 6) is 0. The summed E-state index contributed by atoms with van der Waals surface area (Å²) in [6, 6.07) is 6.47. The second-order valence-electron chi connectivity index (χ2n) is 5.09. The summed E-state index contributed by atoms with van der Waals surface area (Å²) in [5.41, 5.74) is 13.2. The molecule has 0 unspecified atom stereocenters. The standard InChI is InChI=1S/C14H17N.C5H9N2.C2H6.Ir/c1-5-13(9-15)8-14-11(3)7-6-10(2)12(14)4;1-2-5(3-6)4-7;1-2;/h6-8H,5H2,1-4H3;3-4,6-7H,2H2,1H3;1-2H3;/q;-1;;/b13-8+;5-3-,7-4?;;. The third kappa shape index (κ3) is 10.7. The van der Waals surface area contributed by atoms with Crippen LogP contribution in [0.15, 0.2) is 29.5 Å². The first-order valence-electron chi connectivity index (χ1n) is 8.49. The van der Waals surface area contributed by atoms with Gasteiger partial charge in [-0.05, 0) is 61.9 Å². The number of nitrogens with one attached hydrogen (secondary N) is 2. The van der Waals surface area contributed by atoms with E-state index in [0.29, 0.717) is 0 Å². The van der Waals surface area contributed by atoms with Gasteiger partial charge in [0, 0.05) is 31.9 Å². The second kappa shape index (κ2) is 17.1. The van der Waals surface area contributed by atoms with Gasteiger partial charge in [0.25, 0.3) is 0 Å². The molecule has 2 N–H and O–H groups in total. The van der Waals surface area contributed by atoms with Crippen LogP contribution in [0.1, 0.15) is 62.8 Å². The summed E-state index contributed by atoms with van der Waals surface area (Å²) >= 11 is 0. The zero-order valence-corrected chi connectivity index (χ0v) is 19.0. The molecule has 25 heavy (non-hydrogen) atoms. The van der Waals surface area contributed by atoms with Crippen molar-refractivity contribution < 1.29 is 20.1 Å². The summed E-state index contributed by atoms with van der Waals surface area (Å²) < 4.78 is 0. The number of hydrogen-bond donors (Lipinski definition) is 1. The molecule has 4 heteroatoms. The fourth-order valence-electron chi connectivity index (χ4n) is 1.83. The second-order valence-corrected chi connectivity index (χ2v) is 5.09. The van der Waals surface area contributed by atoms with Gasteiger partial charge in [0.05, 0.1) is 6.07 Å². The Morgan fingerprint density at radius 2 is 1.64 bits per heavy atom. The van der Waals surface area contributed by atoms with Gasteiger partial charge in [-0.25, -0.2) is 0 Å². The van der Waals surface area contributed by atoms with Gasteiger partial charge in [-0.2, -0.15) is 11.5 Å². The molecule has 1 aromatic carbocycles. The van der Waals surface area contributed by atoms with E-state index in [0.717, 1.165) is 24.0 Å². The topological polar surface area (TPSA) is 71.4 Å². The first kappa shape index (κ1) is 28.1. The minimum absolute atomic E-state index is 0. The van der Waals surface area contributed by atoms with Gasteiger partial charge in [-0.3, -0.25) is 0 Å². The van der Waals surface area contributed by atoms with Crippen LogP contribution in [0.2, 0.25) is 0 Å². The largest absolute Gasteiger partial charge is 0.705 e. The number of rotatable bonds is 4. The van der Waals surface area contributed by atoms with E-state index in [1.165, 1.54) is 34.7 Å². The number of aryl methyl sites for hydroxylation is 2. The predicted molar refractivity (Wildman–Crippen MR) is 107 cm³/mol. The molecule has 3 nitrogen and oxygen atoms in total. The van der Waals surface area contributed by atoms with Crippen molar-refractivity contribution >= 4 is 12.3 Å². The van der Waals surface area contributed by atoms with Crippen LogP contribution in [-0.4, -0.2) is 6.21 Å². The summed E-state index contributed by atoms with van der Waals surface area (Å²) in [6.07, 6.45) is 5.99. The Bertz CT molecular complexity index is 608. The molecule has 0 bridgehead atoms. The number of benzene rings is 1. The van der Waals surface area contributed by atoms with Gasteiger partial charge in [0.2, 0.25) is 0 Å². The van der Waals surface area contributed by atoms with Crippen LogP contribution < -0.4 is 0 Å². The molecule has 0 amide bonds. The van der Waals surface area contributed by atoms with Crippen molar-refractivity contribution in [3.63, 3.8) is 0 Å². The van der Waals surface area contributed by atoms with E-state index >= 15 is 0 Å². The van der Waals surface area contributed by atoms with Crippen LogP contribution in [0.3, 0.4) is 0 Å². The van der Waals surface area contributed by atoms with Gasteiger partial charge in [0.1, 0.15) is 0 Å². The Labute approximate surface area is 167 Å². The van der Waals surface area contributed by atoms with Crippen LogP contribution in [0, 0.1) is 37.5 Å². The van der Waals surface area contributed by atoms with Gasteiger partial charge >= 0.3 is 0 Å². The third-order valence-corrected chi connectivity index (χ3v) is 3.63. The van der Waals surface area contributed by atoms with Crippen LogP contribution >= 0.6 is 0 Å². The molecule has 0 saturated carbocycles. The predicted octanol–water partition coefficient (Wildman–Crippen LogP) is 6.93. The maximum absolute atomic E-state index is 8.92. The summed E-state index contributed by atoms with van der Waals surface area (Å²) in [5, 5.41) is 15.6. The average molecular weight is 519 g/mol. The van der Waals surface area contributed by atoms with E-state index in [1.54, 1.807) is 0 Å². The molecule has 0 aliphatic carbocycles. The molecule has 1 radical (unpaired) electrons. The molecule has 0 fully saturated rings. The van der Waals surface area contributed by atoms with Crippen molar-refractivity contribution in [3.8, 4) is 6.07 Å². The normalized spacial score (nSPS) is 10.2. The molecule has 1 aromatic rings. The molecule has 1 rings (SSSR count). The van der Waals surface area contributed by atoms with E-state index in [4.69, 9.17) is 16.4 Å². The van der Waals surface area contributed by atoms with E-state index in [-0.39, 0.29) is 20.1 Å². The minimum Gasteiger partial charge on any atom is -0.705 e. The SMILES string of the molecule is CC.CC/C(C#N)=C\c1c(C)ccc(C)c1C.CC/C(C=N)=C/[NH-].[Ir]. The zero-order valence-electron chi connectivity index (χ0n) is 16.6. The molecule has 0 saturated heterocycles. The van der Waals surface area contributed by atoms with Gasteiger partial charge in [-0.15, -0.1) is 0 Å². The molecule has 0 heterocycles. The number of allylic oxidation sites excluding steroid dienone is 2. The Morgan fingerprint density at radius 3 is 1.96 bits per heavy atom. The monoisotopic (exact) mass is 519 g/mol. The Hall–Kier alpha value is -1.69. The first-order valence-corrected chi connectivity index (χ1v) is 8.49. The van der Waals surface area contributed by atoms with Crippen molar-refractivity contribution in [1.82, 2.24) is 0 Å². The Balaban J connectivity index is -0.000000413. The summed E-state index contributed by atoms with van der Waals surface area (Å²) in [7, 11) is 0. The number of nitriles is 1. The van der Waals surface area contributed by atoms with E-state index in [9.17, 15) is 0 Å². The maximum Gasteiger partial charge on any atom is 0.0947 e. The van der Waals surface area contributed by atoms with Crippen LogP contribution in [-0.2, 0) is 20.1 Å².